The Labute approximate surface area is 171 Å². The molecule has 1 heterocycles. The van der Waals surface area contributed by atoms with Crippen molar-refractivity contribution in [3.8, 4) is 0 Å². The number of nitrogens with one attached hydrogen (secondary N) is 3. The molecule has 1 saturated heterocycles. The number of carbonyl (C=O) groups is 2. The van der Waals surface area contributed by atoms with E-state index >= 15 is 0 Å². The number of halogens is 1. The molecule has 6 nitrogen and oxygen atoms in total. The van der Waals surface area contributed by atoms with Crippen LogP contribution >= 0.6 is 11.6 Å². The number of anilines is 1. The molecule has 152 valence electrons. The van der Waals surface area contributed by atoms with Crippen LogP contribution in [0.4, 0.5) is 10.5 Å². The van der Waals surface area contributed by atoms with Crippen LogP contribution in [0.15, 0.2) is 36.0 Å². The van der Waals surface area contributed by atoms with Crippen molar-refractivity contribution in [3.63, 3.8) is 0 Å². The van der Waals surface area contributed by atoms with Crippen LogP contribution < -0.4 is 15.5 Å². The predicted octanol–water partition coefficient (Wildman–Crippen LogP) is 1.93. The van der Waals surface area contributed by atoms with Crippen LogP contribution in [-0.4, -0.2) is 56.0 Å². The highest BCUT2D eigenvalue weighted by atomic mass is 35.5. The zero-order valence-corrected chi connectivity index (χ0v) is 17.4. The van der Waals surface area contributed by atoms with Gasteiger partial charge in [-0.3, -0.25) is 4.79 Å². The maximum Gasteiger partial charge on any atom is 0.322 e. The van der Waals surface area contributed by atoms with Gasteiger partial charge in [-0.25, -0.2) is 4.79 Å². The van der Waals surface area contributed by atoms with Crippen molar-refractivity contribution in [1.82, 2.24) is 10.2 Å². The minimum atomic E-state index is -0.0624. The summed E-state index contributed by atoms with van der Waals surface area (Å²) < 4.78 is 0. The summed E-state index contributed by atoms with van der Waals surface area (Å²) in [4.78, 5) is 27.6. The van der Waals surface area contributed by atoms with Gasteiger partial charge >= 0.3 is 6.03 Å². The number of hydrogen-bond donors (Lipinski definition) is 3. The SMILES string of the molecule is CC1(C)C=C(NCC[NH+]2CCN(C(=O)Nc3ccc(Cl)cc3)CC2)CC(=O)C1. The summed E-state index contributed by atoms with van der Waals surface area (Å²) in [6, 6.07) is 7.08. The first-order chi connectivity index (χ1) is 13.3. The summed E-state index contributed by atoms with van der Waals surface area (Å²) in [6.45, 7) is 9.38. The highest BCUT2D eigenvalue weighted by Crippen LogP contribution is 2.29. The van der Waals surface area contributed by atoms with Crippen LogP contribution in [0.2, 0.25) is 5.02 Å². The number of benzene rings is 1. The van der Waals surface area contributed by atoms with Gasteiger partial charge in [0.05, 0.1) is 39.3 Å². The molecule has 0 saturated carbocycles. The largest absolute Gasteiger partial charge is 0.383 e. The van der Waals surface area contributed by atoms with Gasteiger partial charge in [0.15, 0.2) is 0 Å². The Kier molecular flexibility index (Phi) is 6.62. The summed E-state index contributed by atoms with van der Waals surface area (Å²) in [5.41, 5.74) is 1.77. The third-order valence-corrected chi connectivity index (χ3v) is 5.54. The second-order valence-corrected chi connectivity index (χ2v) is 8.84. The number of amides is 2. The van der Waals surface area contributed by atoms with Crippen molar-refractivity contribution in [2.24, 2.45) is 5.41 Å². The van der Waals surface area contributed by atoms with Gasteiger partial charge in [0, 0.05) is 29.2 Å². The molecular weight excluding hydrogens is 376 g/mol. The molecule has 28 heavy (non-hydrogen) atoms. The Morgan fingerprint density at radius 1 is 1.21 bits per heavy atom. The smallest absolute Gasteiger partial charge is 0.322 e. The number of piperazine rings is 1. The van der Waals surface area contributed by atoms with Crippen LogP contribution in [0.25, 0.3) is 0 Å². The van der Waals surface area contributed by atoms with E-state index in [1.54, 1.807) is 24.3 Å². The Bertz CT molecular complexity index is 737. The van der Waals surface area contributed by atoms with Crippen molar-refractivity contribution in [2.75, 3.05) is 44.6 Å². The molecule has 0 aromatic heterocycles. The van der Waals surface area contributed by atoms with Crippen molar-refractivity contribution in [3.05, 3.63) is 41.1 Å². The Morgan fingerprint density at radius 2 is 1.89 bits per heavy atom. The Hall–Kier alpha value is -2.05. The zero-order chi connectivity index (χ0) is 20.1. The van der Waals surface area contributed by atoms with Gasteiger partial charge in [-0.15, -0.1) is 0 Å². The van der Waals surface area contributed by atoms with E-state index in [-0.39, 0.29) is 11.4 Å². The normalized spacial score (nSPS) is 19.9. The van der Waals surface area contributed by atoms with Gasteiger partial charge in [-0.05, 0) is 29.7 Å². The van der Waals surface area contributed by atoms with Crippen LogP contribution in [-0.2, 0) is 4.79 Å². The fourth-order valence-electron chi connectivity index (χ4n) is 3.88. The summed E-state index contributed by atoms with van der Waals surface area (Å²) >= 11 is 5.87. The minimum absolute atomic E-state index is 0.0480. The summed E-state index contributed by atoms with van der Waals surface area (Å²) in [5.74, 6) is 0.308. The first-order valence-corrected chi connectivity index (χ1v) is 10.3. The quantitative estimate of drug-likeness (QED) is 0.701. The molecule has 1 aliphatic carbocycles. The molecule has 7 heteroatoms. The average molecular weight is 406 g/mol. The van der Waals surface area contributed by atoms with E-state index in [2.05, 4.69) is 30.6 Å². The number of Topliss-reactive ketones (excluding diaryl/α,β-unsaturated/α-hetero) is 1. The van der Waals surface area contributed by atoms with E-state index in [0.717, 1.165) is 50.7 Å². The lowest BCUT2D eigenvalue weighted by Gasteiger charge is -2.32. The molecule has 0 spiro atoms. The highest BCUT2D eigenvalue weighted by molar-refractivity contribution is 6.30. The molecule has 0 radical (unpaired) electrons. The lowest BCUT2D eigenvalue weighted by molar-refractivity contribution is -0.902. The molecule has 1 fully saturated rings. The van der Waals surface area contributed by atoms with Crippen molar-refractivity contribution in [1.29, 1.82) is 0 Å². The standard InChI is InChI=1S/C21H29ClN4O2/c1-21(2)14-18(13-19(27)15-21)23-7-8-25-9-11-26(12-10-25)20(28)24-17-5-3-16(22)4-6-17/h3-6,14,23H,7-13,15H2,1-2H3,(H,24,28)/p+1. The third-order valence-electron chi connectivity index (χ3n) is 5.29. The molecular formula is C21H30ClN4O2+. The monoisotopic (exact) mass is 405 g/mol. The van der Waals surface area contributed by atoms with Gasteiger partial charge in [-0.2, -0.15) is 0 Å². The molecule has 0 bridgehead atoms. The summed E-state index contributed by atoms with van der Waals surface area (Å²) in [5, 5.41) is 7.01. The van der Waals surface area contributed by atoms with Crippen LogP contribution in [0.3, 0.4) is 0 Å². The van der Waals surface area contributed by atoms with Gasteiger partial charge in [0.2, 0.25) is 0 Å². The number of rotatable bonds is 5. The van der Waals surface area contributed by atoms with Crippen molar-refractivity contribution < 1.29 is 14.5 Å². The van der Waals surface area contributed by atoms with Crippen LogP contribution in [0, 0.1) is 5.41 Å². The Balaban J connectivity index is 1.38. The number of hydrogen-bond acceptors (Lipinski definition) is 3. The summed E-state index contributed by atoms with van der Waals surface area (Å²) in [6.07, 6.45) is 3.35. The van der Waals surface area contributed by atoms with E-state index < -0.39 is 0 Å². The molecule has 1 aromatic rings. The van der Waals surface area contributed by atoms with Crippen LogP contribution in [0.1, 0.15) is 26.7 Å². The number of carbonyl (C=O) groups excluding carboxylic acids is 2. The van der Waals surface area contributed by atoms with Crippen LogP contribution in [0.5, 0.6) is 0 Å². The van der Waals surface area contributed by atoms with Crippen molar-refractivity contribution in [2.45, 2.75) is 26.7 Å². The fraction of sp³-hybridized carbons (Fsp3) is 0.524. The average Bonchev–Trinajstić information content (AvgIpc) is 2.62. The molecule has 0 atom stereocenters. The van der Waals surface area contributed by atoms with E-state index in [1.807, 2.05) is 4.90 Å². The van der Waals surface area contributed by atoms with Gasteiger partial charge in [0.1, 0.15) is 5.78 Å². The van der Waals surface area contributed by atoms with E-state index in [9.17, 15) is 9.59 Å². The maximum atomic E-state index is 12.4. The molecule has 1 aliphatic heterocycles. The number of quaternary nitrogens is 1. The minimum Gasteiger partial charge on any atom is -0.383 e. The molecule has 3 N–H and O–H groups in total. The molecule has 3 rings (SSSR count). The number of urea groups is 1. The maximum absolute atomic E-state index is 12.4. The summed E-state index contributed by atoms with van der Waals surface area (Å²) in [7, 11) is 0. The van der Waals surface area contributed by atoms with Crippen molar-refractivity contribution >= 4 is 29.1 Å². The zero-order valence-electron chi connectivity index (χ0n) is 16.7. The fourth-order valence-corrected chi connectivity index (χ4v) is 4.01. The number of ketones is 1. The number of allylic oxidation sites excluding steroid dienone is 2. The van der Waals surface area contributed by atoms with E-state index in [0.29, 0.717) is 23.6 Å². The third kappa shape index (κ3) is 5.97. The molecule has 2 amide bonds. The lowest BCUT2D eigenvalue weighted by Crippen LogP contribution is -3.15. The van der Waals surface area contributed by atoms with Gasteiger partial charge in [0.25, 0.3) is 0 Å². The highest BCUT2D eigenvalue weighted by Gasteiger charge is 2.27. The molecule has 2 aliphatic rings. The first kappa shape index (κ1) is 20.7. The van der Waals surface area contributed by atoms with E-state index in [4.69, 9.17) is 11.6 Å². The second kappa shape index (κ2) is 8.97. The predicted molar refractivity (Wildman–Crippen MR) is 112 cm³/mol. The van der Waals surface area contributed by atoms with Gasteiger partial charge < -0.3 is 20.4 Å². The second-order valence-electron chi connectivity index (χ2n) is 8.40. The topological polar surface area (TPSA) is 65.9 Å². The van der Waals surface area contributed by atoms with E-state index in [1.165, 1.54) is 4.90 Å². The molecule has 0 unspecified atom stereocenters. The van der Waals surface area contributed by atoms with Gasteiger partial charge in [-0.1, -0.05) is 31.5 Å². The lowest BCUT2D eigenvalue weighted by atomic mass is 9.81. The Morgan fingerprint density at radius 3 is 2.54 bits per heavy atom. The molecule has 1 aromatic carbocycles. The first-order valence-electron chi connectivity index (χ1n) is 9.93. The number of nitrogens with zero attached hydrogens (tertiary/aromatic N) is 1.